The Labute approximate surface area is 95.7 Å². The number of anilines is 1. The van der Waals surface area contributed by atoms with Gasteiger partial charge >= 0.3 is 0 Å². The van der Waals surface area contributed by atoms with Crippen LogP contribution in [-0.4, -0.2) is 4.98 Å². The summed E-state index contributed by atoms with van der Waals surface area (Å²) in [6.07, 6.45) is 3.14. The van der Waals surface area contributed by atoms with E-state index in [9.17, 15) is 0 Å². The molecule has 0 aliphatic rings. The molecular formula is C10H9IN2O. The lowest BCUT2D eigenvalue weighted by Gasteiger charge is -2.03. The summed E-state index contributed by atoms with van der Waals surface area (Å²) in [7, 11) is 0. The molecule has 2 rings (SSSR count). The highest BCUT2D eigenvalue weighted by atomic mass is 127. The summed E-state index contributed by atoms with van der Waals surface area (Å²) in [5.74, 6) is 0.837. The molecule has 0 saturated carbocycles. The van der Waals surface area contributed by atoms with Gasteiger partial charge in [0.25, 0.3) is 0 Å². The van der Waals surface area contributed by atoms with E-state index < -0.39 is 0 Å². The molecule has 0 unspecified atom stereocenters. The molecule has 0 fully saturated rings. The van der Waals surface area contributed by atoms with Crippen molar-refractivity contribution in [1.82, 2.24) is 4.98 Å². The monoisotopic (exact) mass is 300 g/mol. The fraction of sp³-hybridized carbons (Fsp3) is 0.100. The average Bonchev–Trinajstić information content (AvgIpc) is 2.70. The van der Waals surface area contributed by atoms with E-state index in [1.54, 1.807) is 6.20 Å². The smallest absolute Gasteiger partial charge is 0.180 e. The molecule has 0 aliphatic heterocycles. The fourth-order valence-electron chi connectivity index (χ4n) is 1.09. The molecule has 14 heavy (non-hydrogen) atoms. The van der Waals surface area contributed by atoms with Crippen LogP contribution in [0.3, 0.4) is 0 Å². The van der Waals surface area contributed by atoms with E-state index in [1.807, 2.05) is 12.1 Å². The topological polar surface area (TPSA) is 38.1 Å². The van der Waals surface area contributed by atoms with Gasteiger partial charge in [-0.05, 0) is 46.9 Å². The van der Waals surface area contributed by atoms with Gasteiger partial charge in [0.2, 0.25) is 0 Å². The van der Waals surface area contributed by atoms with Crippen LogP contribution in [0.15, 0.2) is 41.3 Å². The van der Waals surface area contributed by atoms with Crippen LogP contribution in [0.2, 0.25) is 0 Å². The fourth-order valence-corrected chi connectivity index (χ4v) is 1.45. The first kappa shape index (κ1) is 9.51. The van der Waals surface area contributed by atoms with Gasteiger partial charge in [-0.3, -0.25) is 0 Å². The SMILES string of the molecule is Ic1ccc(NCc2cnco2)cc1. The molecule has 0 saturated heterocycles. The van der Waals surface area contributed by atoms with Crippen molar-refractivity contribution in [2.24, 2.45) is 0 Å². The quantitative estimate of drug-likeness (QED) is 0.886. The molecule has 3 nitrogen and oxygen atoms in total. The second-order valence-corrected chi connectivity index (χ2v) is 4.07. The molecule has 0 amide bonds. The Morgan fingerprint density at radius 3 is 2.71 bits per heavy atom. The zero-order valence-corrected chi connectivity index (χ0v) is 9.56. The molecule has 1 aromatic carbocycles. The molecule has 1 N–H and O–H groups in total. The third kappa shape index (κ3) is 2.47. The Morgan fingerprint density at radius 2 is 2.07 bits per heavy atom. The predicted octanol–water partition coefficient (Wildman–Crippen LogP) is 2.89. The Kier molecular flexibility index (Phi) is 3.03. The summed E-state index contributed by atoms with van der Waals surface area (Å²) < 4.78 is 6.33. The molecule has 0 atom stereocenters. The summed E-state index contributed by atoms with van der Waals surface area (Å²) in [4.78, 5) is 3.84. The summed E-state index contributed by atoms with van der Waals surface area (Å²) >= 11 is 2.28. The Bertz CT molecular complexity index is 383. The third-order valence-corrected chi connectivity index (χ3v) is 2.51. The van der Waals surface area contributed by atoms with E-state index in [-0.39, 0.29) is 0 Å². The van der Waals surface area contributed by atoms with Crippen molar-refractivity contribution in [2.75, 3.05) is 5.32 Å². The zero-order chi connectivity index (χ0) is 9.80. The van der Waals surface area contributed by atoms with Crippen LogP contribution in [0.25, 0.3) is 0 Å². The molecule has 1 aromatic heterocycles. The van der Waals surface area contributed by atoms with Crippen LogP contribution < -0.4 is 5.32 Å². The van der Waals surface area contributed by atoms with Gasteiger partial charge in [0, 0.05) is 9.26 Å². The zero-order valence-electron chi connectivity index (χ0n) is 7.40. The molecule has 0 radical (unpaired) electrons. The van der Waals surface area contributed by atoms with Crippen molar-refractivity contribution >= 4 is 28.3 Å². The molecule has 0 aliphatic carbocycles. The van der Waals surface area contributed by atoms with E-state index in [0.717, 1.165) is 11.4 Å². The van der Waals surface area contributed by atoms with Crippen molar-refractivity contribution < 1.29 is 4.42 Å². The second kappa shape index (κ2) is 4.45. The van der Waals surface area contributed by atoms with Crippen molar-refractivity contribution in [1.29, 1.82) is 0 Å². The highest BCUT2D eigenvalue weighted by molar-refractivity contribution is 14.1. The molecule has 0 bridgehead atoms. The number of aromatic nitrogens is 1. The standard InChI is InChI=1S/C10H9IN2O/c11-8-1-3-9(4-2-8)13-6-10-5-12-7-14-10/h1-5,7,13H,6H2. The van der Waals surface area contributed by atoms with Crippen LogP contribution >= 0.6 is 22.6 Å². The van der Waals surface area contributed by atoms with E-state index in [4.69, 9.17) is 4.42 Å². The summed E-state index contributed by atoms with van der Waals surface area (Å²) in [5, 5.41) is 3.24. The Morgan fingerprint density at radius 1 is 1.29 bits per heavy atom. The maximum Gasteiger partial charge on any atom is 0.180 e. The van der Waals surface area contributed by atoms with Gasteiger partial charge in [-0.1, -0.05) is 0 Å². The molecule has 0 spiro atoms. The van der Waals surface area contributed by atoms with Gasteiger partial charge in [0.15, 0.2) is 6.39 Å². The minimum atomic E-state index is 0.667. The maximum atomic E-state index is 5.10. The van der Waals surface area contributed by atoms with E-state index in [1.165, 1.54) is 9.96 Å². The Balaban J connectivity index is 1.95. The van der Waals surface area contributed by atoms with Crippen molar-refractivity contribution in [3.8, 4) is 0 Å². The largest absolute Gasteiger partial charge is 0.447 e. The first-order valence-electron chi connectivity index (χ1n) is 4.21. The second-order valence-electron chi connectivity index (χ2n) is 2.83. The highest BCUT2D eigenvalue weighted by Crippen LogP contribution is 2.12. The maximum absolute atomic E-state index is 5.10. The molecular weight excluding hydrogens is 291 g/mol. The number of rotatable bonds is 3. The number of oxazole rings is 1. The minimum absolute atomic E-state index is 0.667. The van der Waals surface area contributed by atoms with Crippen LogP contribution in [0.1, 0.15) is 5.76 Å². The minimum Gasteiger partial charge on any atom is -0.447 e. The number of benzene rings is 1. The van der Waals surface area contributed by atoms with E-state index in [0.29, 0.717) is 6.54 Å². The molecule has 1 heterocycles. The lowest BCUT2D eigenvalue weighted by molar-refractivity contribution is 0.512. The van der Waals surface area contributed by atoms with Gasteiger partial charge < -0.3 is 9.73 Å². The van der Waals surface area contributed by atoms with Gasteiger partial charge in [0.1, 0.15) is 5.76 Å². The molecule has 4 heteroatoms. The number of nitrogens with one attached hydrogen (secondary N) is 1. The van der Waals surface area contributed by atoms with Crippen molar-refractivity contribution in [3.63, 3.8) is 0 Å². The van der Waals surface area contributed by atoms with Crippen LogP contribution in [0.4, 0.5) is 5.69 Å². The average molecular weight is 300 g/mol. The normalized spacial score (nSPS) is 10.1. The number of hydrogen-bond donors (Lipinski definition) is 1. The first-order chi connectivity index (χ1) is 6.84. The third-order valence-electron chi connectivity index (χ3n) is 1.79. The van der Waals surface area contributed by atoms with E-state index >= 15 is 0 Å². The number of halogens is 1. The van der Waals surface area contributed by atoms with Gasteiger partial charge in [-0.15, -0.1) is 0 Å². The van der Waals surface area contributed by atoms with Crippen molar-refractivity contribution in [3.05, 3.63) is 46.2 Å². The van der Waals surface area contributed by atoms with Gasteiger partial charge in [-0.2, -0.15) is 0 Å². The van der Waals surface area contributed by atoms with Crippen molar-refractivity contribution in [2.45, 2.75) is 6.54 Å². The molecule has 2 aromatic rings. The highest BCUT2D eigenvalue weighted by Gasteiger charge is 1.96. The predicted molar refractivity (Wildman–Crippen MR) is 63.0 cm³/mol. The van der Waals surface area contributed by atoms with E-state index in [2.05, 4.69) is 45.0 Å². The lowest BCUT2D eigenvalue weighted by atomic mass is 10.3. The number of nitrogens with zero attached hydrogens (tertiary/aromatic N) is 1. The van der Waals surface area contributed by atoms with Gasteiger partial charge in [-0.25, -0.2) is 4.98 Å². The first-order valence-corrected chi connectivity index (χ1v) is 5.29. The van der Waals surface area contributed by atoms with Crippen LogP contribution in [0.5, 0.6) is 0 Å². The molecule has 72 valence electrons. The summed E-state index contributed by atoms with van der Waals surface area (Å²) in [6, 6.07) is 8.20. The summed E-state index contributed by atoms with van der Waals surface area (Å²) in [5.41, 5.74) is 1.09. The summed E-state index contributed by atoms with van der Waals surface area (Å²) in [6.45, 7) is 0.667. The van der Waals surface area contributed by atoms with Crippen LogP contribution in [0, 0.1) is 3.57 Å². The van der Waals surface area contributed by atoms with Crippen LogP contribution in [-0.2, 0) is 6.54 Å². The number of hydrogen-bond acceptors (Lipinski definition) is 3. The van der Waals surface area contributed by atoms with Gasteiger partial charge in [0.05, 0.1) is 12.7 Å². The lowest BCUT2D eigenvalue weighted by Crippen LogP contribution is -1.97. The Hall–Kier alpha value is -1.04.